The summed E-state index contributed by atoms with van der Waals surface area (Å²) in [7, 11) is 1.70. The first-order valence-corrected chi connectivity index (χ1v) is 11.0. The molecule has 2 aromatic heterocycles. The van der Waals surface area contributed by atoms with Crippen LogP contribution in [0.15, 0.2) is 91.3 Å². The highest BCUT2D eigenvalue weighted by Crippen LogP contribution is 2.42. The molecule has 1 saturated heterocycles. The van der Waals surface area contributed by atoms with Crippen molar-refractivity contribution in [2.75, 3.05) is 12.0 Å². The molecule has 1 aliphatic rings. The number of nitrogens with zero attached hydrogens (tertiary/aromatic N) is 3. The molecule has 3 heterocycles. The van der Waals surface area contributed by atoms with E-state index >= 15 is 0 Å². The van der Waals surface area contributed by atoms with E-state index in [-0.39, 0.29) is 12.1 Å². The lowest BCUT2D eigenvalue weighted by Gasteiger charge is -2.29. The number of nitrogens with one attached hydrogen (secondary N) is 1. The Morgan fingerprint density at radius 3 is 2.47 bits per heavy atom. The van der Waals surface area contributed by atoms with Crippen molar-refractivity contribution in [3.05, 3.63) is 108 Å². The van der Waals surface area contributed by atoms with E-state index < -0.39 is 0 Å². The molecule has 4 aromatic rings. The van der Waals surface area contributed by atoms with Crippen molar-refractivity contribution in [1.29, 1.82) is 0 Å². The second kappa shape index (κ2) is 8.48. The van der Waals surface area contributed by atoms with Crippen LogP contribution >= 0.6 is 12.2 Å². The van der Waals surface area contributed by atoms with Gasteiger partial charge in [-0.2, -0.15) is 0 Å². The van der Waals surface area contributed by atoms with Crippen molar-refractivity contribution in [2.45, 2.75) is 19.0 Å². The van der Waals surface area contributed by atoms with Gasteiger partial charge >= 0.3 is 0 Å². The van der Waals surface area contributed by atoms with Crippen molar-refractivity contribution in [2.24, 2.45) is 0 Å². The minimum atomic E-state index is -0.103. The molecule has 1 fully saturated rings. The lowest BCUT2D eigenvalue weighted by molar-refractivity contribution is 0.412. The van der Waals surface area contributed by atoms with Gasteiger partial charge < -0.3 is 19.5 Å². The van der Waals surface area contributed by atoms with E-state index in [1.807, 2.05) is 42.6 Å². The van der Waals surface area contributed by atoms with E-state index in [0.29, 0.717) is 5.11 Å². The molecule has 0 saturated carbocycles. The third-order valence-corrected chi connectivity index (χ3v) is 6.15. The first-order chi connectivity index (χ1) is 15.7. The molecule has 0 radical (unpaired) electrons. The summed E-state index contributed by atoms with van der Waals surface area (Å²) in [5.41, 5.74) is 5.28. The van der Waals surface area contributed by atoms with Gasteiger partial charge in [0.2, 0.25) is 0 Å². The van der Waals surface area contributed by atoms with Crippen LogP contribution in [0.4, 0.5) is 5.69 Å². The van der Waals surface area contributed by atoms with E-state index in [1.54, 1.807) is 7.11 Å². The molecule has 1 aliphatic heterocycles. The van der Waals surface area contributed by atoms with Crippen molar-refractivity contribution in [3.63, 3.8) is 0 Å². The number of ether oxygens (including phenoxy) is 1. The number of para-hydroxylation sites is 2. The fraction of sp³-hybridized carbons (Fsp3) is 0.154. The number of aryl methyl sites for hydroxylation is 1. The molecule has 32 heavy (non-hydrogen) atoms. The number of rotatable bonds is 5. The molecule has 0 spiro atoms. The Bertz CT molecular complexity index is 1240. The first-order valence-electron chi connectivity index (χ1n) is 10.6. The maximum absolute atomic E-state index is 5.85. The minimum absolute atomic E-state index is 0.0972. The Kier molecular flexibility index (Phi) is 5.37. The molecule has 160 valence electrons. The molecule has 0 unspecified atom stereocenters. The van der Waals surface area contributed by atoms with Crippen LogP contribution in [0.2, 0.25) is 0 Å². The van der Waals surface area contributed by atoms with E-state index in [2.05, 4.69) is 75.4 Å². The largest absolute Gasteiger partial charge is 0.495 e. The maximum atomic E-state index is 5.85. The summed E-state index contributed by atoms with van der Waals surface area (Å²) in [5.74, 6) is 0.815. The predicted octanol–water partition coefficient (Wildman–Crippen LogP) is 5.37. The zero-order valence-corrected chi connectivity index (χ0v) is 18.8. The molecule has 0 aliphatic carbocycles. The van der Waals surface area contributed by atoms with Gasteiger partial charge in [-0.25, -0.2) is 0 Å². The van der Waals surface area contributed by atoms with Gasteiger partial charge in [0.25, 0.3) is 0 Å². The fourth-order valence-corrected chi connectivity index (χ4v) is 4.67. The number of methoxy groups -OCH3 is 1. The monoisotopic (exact) mass is 440 g/mol. The van der Waals surface area contributed by atoms with Gasteiger partial charge in [0.05, 0.1) is 24.5 Å². The van der Waals surface area contributed by atoms with Crippen LogP contribution in [0.5, 0.6) is 5.75 Å². The molecular formula is C26H24N4OS. The highest BCUT2D eigenvalue weighted by atomic mass is 32.1. The maximum Gasteiger partial charge on any atom is 0.174 e. The molecule has 2 aromatic carbocycles. The van der Waals surface area contributed by atoms with Gasteiger partial charge in [-0.15, -0.1) is 0 Å². The van der Waals surface area contributed by atoms with E-state index in [9.17, 15) is 0 Å². The zero-order chi connectivity index (χ0) is 22.1. The molecule has 6 heteroatoms. The van der Waals surface area contributed by atoms with Crippen LogP contribution in [-0.2, 0) is 0 Å². The third kappa shape index (κ3) is 3.52. The minimum Gasteiger partial charge on any atom is -0.495 e. The molecular weight excluding hydrogens is 416 g/mol. The average Bonchev–Trinajstić information content (AvgIpc) is 3.44. The summed E-state index contributed by atoms with van der Waals surface area (Å²) in [6.07, 6.45) is 3.89. The average molecular weight is 441 g/mol. The number of pyridine rings is 1. The summed E-state index contributed by atoms with van der Waals surface area (Å²) in [6.45, 7) is 2.09. The fourth-order valence-electron chi connectivity index (χ4n) is 4.32. The summed E-state index contributed by atoms with van der Waals surface area (Å²) >= 11 is 5.85. The summed E-state index contributed by atoms with van der Waals surface area (Å²) in [5, 5.41) is 4.21. The van der Waals surface area contributed by atoms with Gasteiger partial charge in [0.1, 0.15) is 11.8 Å². The quantitative estimate of drug-likeness (QED) is 0.423. The number of anilines is 1. The Labute approximate surface area is 193 Å². The highest BCUT2D eigenvalue weighted by Gasteiger charge is 2.42. The van der Waals surface area contributed by atoms with Gasteiger partial charge in [0, 0.05) is 23.8 Å². The van der Waals surface area contributed by atoms with Gasteiger partial charge in [0.15, 0.2) is 5.11 Å². The van der Waals surface area contributed by atoms with E-state index in [0.717, 1.165) is 28.5 Å². The number of hydrogen-bond acceptors (Lipinski definition) is 3. The van der Waals surface area contributed by atoms with Crippen LogP contribution < -0.4 is 15.0 Å². The third-order valence-electron chi connectivity index (χ3n) is 5.84. The molecule has 0 bridgehead atoms. The molecule has 5 nitrogen and oxygen atoms in total. The Morgan fingerprint density at radius 2 is 1.72 bits per heavy atom. The van der Waals surface area contributed by atoms with Crippen LogP contribution in [0.25, 0.3) is 5.69 Å². The first kappa shape index (κ1) is 20.3. The lowest BCUT2D eigenvalue weighted by atomic mass is 10.0. The second-order valence-corrected chi connectivity index (χ2v) is 8.19. The Morgan fingerprint density at radius 1 is 0.938 bits per heavy atom. The molecule has 0 amide bonds. The van der Waals surface area contributed by atoms with E-state index in [1.165, 1.54) is 5.56 Å². The Balaban J connectivity index is 1.68. The van der Waals surface area contributed by atoms with Crippen LogP contribution in [-0.4, -0.2) is 21.8 Å². The normalized spacial score (nSPS) is 17.9. The standard InChI is InChI=1S/C26H24N4OS/c1-18-12-14-19(15-13-18)30-25(24(28-26(30)32)20-8-5-6-16-27-20)22-10-7-17-29(22)21-9-3-4-11-23(21)31-2/h3-17,24-25H,1-2H3,(H,28,32)/t24-,25-/m0/s1. The van der Waals surface area contributed by atoms with Gasteiger partial charge in [-0.05, 0) is 67.7 Å². The Hall–Kier alpha value is -3.64. The summed E-state index contributed by atoms with van der Waals surface area (Å²) in [4.78, 5) is 6.84. The SMILES string of the molecule is COc1ccccc1-n1cccc1[C@H]1[C@H](c2ccccn2)NC(=S)N1c1ccc(C)cc1. The van der Waals surface area contributed by atoms with Crippen LogP contribution in [0.1, 0.15) is 29.0 Å². The summed E-state index contributed by atoms with van der Waals surface area (Å²) in [6, 6.07) is 26.5. The van der Waals surface area contributed by atoms with Crippen LogP contribution in [0, 0.1) is 6.92 Å². The topological polar surface area (TPSA) is 42.3 Å². The van der Waals surface area contributed by atoms with Gasteiger partial charge in [-0.3, -0.25) is 4.98 Å². The van der Waals surface area contributed by atoms with Crippen molar-refractivity contribution in [1.82, 2.24) is 14.9 Å². The lowest BCUT2D eigenvalue weighted by Crippen LogP contribution is -2.30. The van der Waals surface area contributed by atoms with Gasteiger partial charge in [-0.1, -0.05) is 35.9 Å². The van der Waals surface area contributed by atoms with Crippen molar-refractivity contribution < 1.29 is 4.74 Å². The molecule has 1 N–H and O–H groups in total. The molecule has 5 rings (SSSR count). The number of aromatic nitrogens is 2. The van der Waals surface area contributed by atoms with Crippen molar-refractivity contribution in [3.8, 4) is 11.4 Å². The van der Waals surface area contributed by atoms with E-state index in [4.69, 9.17) is 17.0 Å². The van der Waals surface area contributed by atoms with Crippen molar-refractivity contribution >= 4 is 23.0 Å². The number of benzene rings is 2. The second-order valence-electron chi connectivity index (χ2n) is 7.81. The predicted molar refractivity (Wildman–Crippen MR) is 131 cm³/mol. The number of hydrogen-bond donors (Lipinski definition) is 1. The smallest absolute Gasteiger partial charge is 0.174 e. The number of thiocarbonyl (C=S) groups is 1. The highest BCUT2D eigenvalue weighted by molar-refractivity contribution is 7.80. The summed E-state index contributed by atoms with van der Waals surface area (Å²) < 4.78 is 7.83. The zero-order valence-electron chi connectivity index (χ0n) is 18.0. The van der Waals surface area contributed by atoms with Crippen LogP contribution in [0.3, 0.4) is 0 Å². The molecule has 2 atom stereocenters.